The summed E-state index contributed by atoms with van der Waals surface area (Å²) in [6.45, 7) is 3.08. The summed E-state index contributed by atoms with van der Waals surface area (Å²) in [6.07, 6.45) is 9.21. The van der Waals surface area contributed by atoms with Crippen molar-refractivity contribution in [2.24, 2.45) is 5.92 Å². The van der Waals surface area contributed by atoms with Gasteiger partial charge in [-0.2, -0.15) is 5.10 Å². The Morgan fingerprint density at radius 3 is 2.79 bits per heavy atom. The average molecular weight is 399 g/mol. The Bertz CT molecular complexity index is 873. The molecule has 1 aromatic carbocycles. The lowest BCUT2D eigenvalue weighted by molar-refractivity contribution is 0.198. The van der Waals surface area contributed by atoms with Gasteiger partial charge in [-0.1, -0.05) is 12.8 Å². The molecule has 29 heavy (non-hydrogen) atoms. The molecule has 0 unspecified atom stereocenters. The van der Waals surface area contributed by atoms with Crippen LogP contribution in [0.3, 0.4) is 0 Å². The standard InChI is InChI=1S/C22H29N3O4/c1-15-6-7-19-20(25(15)22(27)28)9-8-18(17-12-23-24(13-17)10-11-26)21(19)29-14-16-4-2-3-5-16/h8-9,12-13,15-16,26H,2-7,10-11,14H2,1H3,(H,27,28)/t15-/m0/s1. The summed E-state index contributed by atoms with van der Waals surface area (Å²) >= 11 is 0. The third-order valence-electron chi connectivity index (χ3n) is 6.17. The van der Waals surface area contributed by atoms with Crippen molar-refractivity contribution >= 4 is 11.8 Å². The summed E-state index contributed by atoms with van der Waals surface area (Å²) in [4.78, 5) is 13.3. The van der Waals surface area contributed by atoms with Gasteiger partial charge in [0.25, 0.3) is 0 Å². The molecule has 7 heteroatoms. The third kappa shape index (κ3) is 3.96. The highest BCUT2D eigenvalue weighted by molar-refractivity contribution is 5.91. The van der Waals surface area contributed by atoms with Crippen LogP contribution in [0.1, 0.15) is 44.6 Å². The number of hydrogen-bond donors (Lipinski definition) is 2. The van der Waals surface area contributed by atoms with E-state index in [1.165, 1.54) is 30.6 Å². The molecule has 2 heterocycles. The molecule has 1 amide bonds. The van der Waals surface area contributed by atoms with Crippen LogP contribution in [0.5, 0.6) is 5.75 Å². The van der Waals surface area contributed by atoms with E-state index in [2.05, 4.69) is 5.10 Å². The van der Waals surface area contributed by atoms with Crippen molar-refractivity contribution in [2.75, 3.05) is 18.1 Å². The van der Waals surface area contributed by atoms with E-state index in [9.17, 15) is 15.0 Å². The molecule has 2 aromatic rings. The zero-order valence-corrected chi connectivity index (χ0v) is 16.9. The summed E-state index contributed by atoms with van der Waals surface area (Å²) in [5, 5.41) is 23.2. The highest BCUT2D eigenvalue weighted by atomic mass is 16.5. The van der Waals surface area contributed by atoms with Crippen LogP contribution in [0.15, 0.2) is 24.5 Å². The van der Waals surface area contributed by atoms with Gasteiger partial charge in [0, 0.05) is 28.9 Å². The van der Waals surface area contributed by atoms with Crippen molar-refractivity contribution in [1.29, 1.82) is 0 Å². The Morgan fingerprint density at radius 1 is 1.28 bits per heavy atom. The fraction of sp³-hybridized carbons (Fsp3) is 0.545. The van der Waals surface area contributed by atoms with Crippen molar-refractivity contribution < 1.29 is 19.7 Å². The number of amides is 1. The second-order valence-corrected chi connectivity index (χ2v) is 8.16. The van der Waals surface area contributed by atoms with Gasteiger partial charge >= 0.3 is 6.09 Å². The predicted molar refractivity (Wildman–Crippen MR) is 110 cm³/mol. The minimum absolute atomic E-state index is 0.0296. The first kappa shape index (κ1) is 19.8. The molecule has 1 aliphatic carbocycles. The van der Waals surface area contributed by atoms with E-state index in [-0.39, 0.29) is 12.6 Å². The molecular weight excluding hydrogens is 370 g/mol. The summed E-state index contributed by atoms with van der Waals surface area (Å²) in [5.41, 5.74) is 3.55. The number of carboxylic acid groups (broad SMARTS) is 1. The van der Waals surface area contributed by atoms with Gasteiger partial charge in [0.1, 0.15) is 5.75 Å². The van der Waals surface area contributed by atoms with E-state index in [4.69, 9.17) is 4.74 Å². The minimum atomic E-state index is -0.927. The Hall–Kier alpha value is -2.54. The number of hydrogen-bond acceptors (Lipinski definition) is 4. The molecule has 0 spiro atoms. The van der Waals surface area contributed by atoms with Crippen molar-refractivity contribution in [1.82, 2.24) is 9.78 Å². The smallest absolute Gasteiger partial charge is 0.412 e. The molecular formula is C22H29N3O4. The highest BCUT2D eigenvalue weighted by Crippen LogP contribution is 2.43. The molecule has 1 fully saturated rings. The lowest BCUT2D eigenvalue weighted by atomic mass is 9.92. The number of anilines is 1. The van der Waals surface area contributed by atoms with Crippen LogP contribution in [0, 0.1) is 5.92 Å². The molecule has 1 aromatic heterocycles. The van der Waals surface area contributed by atoms with Gasteiger partial charge < -0.3 is 14.9 Å². The summed E-state index contributed by atoms with van der Waals surface area (Å²) < 4.78 is 8.11. The third-order valence-corrected chi connectivity index (χ3v) is 6.17. The zero-order chi connectivity index (χ0) is 20.4. The molecule has 2 N–H and O–H groups in total. The van der Waals surface area contributed by atoms with Gasteiger partial charge in [0.15, 0.2) is 0 Å². The van der Waals surface area contributed by atoms with E-state index in [0.717, 1.165) is 41.0 Å². The first-order chi connectivity index (χ1) is 14.1. The van der Waals surface area contributed by atoms with Crippen LogP contribution in [0.2, 0.25) is 0 Å². The van der Waals surface area contributed by atoms with Crippen LogP contribution in [0.25, 0.3) is 11.1 Å². The monoisotopic (exact) mass is 399 g/mol. The van der Waals surface area contributed by atoms with Crippen LogP contribution in [0.4, 0.5) is 10.5 Å². The van der Waals surface area contributed by atoms with E-state index < -0.39 is 6.09 Å². The number of ether oxygens (including phenoxy) is 1. The second-order valence-electron chi connectivity index (χ2n) is 8.16. The summed E-state index contributed by atoms with van der Waals surface area (Å²) in [7, 11) is 0. The van der Waals surface area contributed by atoms with Crippen molar-refractivity contribution in [3.8, 4) is 16.9 Å². The van der Waals surface area contributed by atoms with Gasteiger partial charge in [-0.3, -0.25) is 9.58 Å². The Labute approximate surface area is 170 Å². The van der Waals surface area contributed by atoms with Gasteiger partial charge in [0.05, 0.1) is 31.6 Å². The molecule has 0 saturated heterocycles. The SMILES string of the molecule is C[C@H]1CCc2c(ccc(-c3cnn(CCO)c3)c2OCC2CCCC2)N1C(=O)O. The number of rotatable bonds is 6. The largest absolute Gasteiger partial charge is 0.492 e. The maximum atomic E-state index is 11.9. The Balaban J connectivity index is 1.74. The normalized spacial score (nSPS) is 19.4. The number of fused-ring (bicyclic) bond motifs is 1. The van der Waals surface area contributed by atoms with Gasteiger partial charge in [-0.15, -0.1) is 0 Å². The molecule has 4 rings (SSSR count). The Kier molecular flexibility index (Phi) is 5.76. The van der Waals surface area contributed by atoms with Crippen LogP contribution >= 0.6 is 0 Å². The van der Waals surface area contributed by atoms with Gasteiger partial charge in [-0.05, 0) is 50.7 Å². The maximum Gasteiger partial charge on any atom is 0.412 e. The van der Waals surface area contributed by atoms with Crippen LogP contribution in [-0.4, -0.2) is 45.3 Å². The van der Waals surface area contributed by atoms with Crippen LogP contribution < -0.4 is 9.64 Å². The van der Waals surface area contributed by atoms with E-state index in [1.807, 2.05) is 25.3 Å². The first-order valence-electron chi connectivity index (χ1n) is 10.5. The van der Waals surface area contributed by atoms with E-state index in [1.54, 1.807) is 10.9 Å². The summed E-state index contributed by atoms with van der Waals surface area (Å²) in [6, 6.07) is 3.78. The number of aliphatic hydroxyl groups is 1. The number of carbonyl (C=O) groups is 1. The van der Waals surface area contributed by atoms with Gasteiger partial charge in [-0.25, -0.2) is 4.79 Å². The average Bonchev–Trinajstić information content (AvgIpc) is 3.37. The predicted octanol–water partition coefficient (Wildman–Crippen LogP) is 3.93. The topological polar surface area (TPSA) is 87.8 Å². The van der Waals surface area contributed by atoms with Gasteiger partial charge in [0.2, 0.25) is 0 Å². The fourth-order valence-corrected chi connectivity index (χ4v) is 4.59. The lowest BCUT2D eigenvalue weighted by Gasteiger charge is -2.34. The maximum absolute atomic E-state index is 11.9. The molecule has 1 aliphatic heterocycles. The van der Waals surface area contributed by atoms with E-state index in [0.29, 0.717) is 19.1 Å². The lowest BCUT2D eigenvalue weighted by Crippen LogP contribution is -2.41. The zero-order valence-electron chi connectivity index (χ0n) is 16.9. The molecule has 1 atom stereocenters. The van der Waals surface area contributed by atoms with Crippen LogP contribution in [-0.2, 0) is 13.0 Å². The number of nitrogens with zero attached hydrogens (tertiary/aromatic N) is 3. The molecule has 1 saturated carbocycles. The molecule has 156 valence electrons. The van der Waals surface area contributed by atoms with E-state index >= 15 is 0 Å². The summed E-state index contributed by atoms with van der Waals surface area (Å²) in [5.74, 6) is 1.35. The fourth-order valence-electron chi connectivity index (χ4n) is 4.59. The quantitative estimate of drug-likeness (QED) is 0.768. The molecule has 0 radical (unpaired) electrons. The van der Waals surface area contributed by atoms with Crippen molar-refractivity contribution in [3.05, 3.63) is 30.1 Å². The number of aliphatic hydroxyl groups excluding tert-OH is 1. The molecule has 7 nitrogen and oxygen atoms in total. The first-order valence-corrected chi connectivity index (χ1v) is 10.5. The highest BCUT2D eigenvalue weighted by Gasteiger charge is 2.31. The molecule has 0 bridgehead atoms. The second kappa shape index (κ2) is 8.45. The number of benzene rings is 1. The van der Waals surface area contributed by atoms with Crippen molar-refractivity contribution in [2.45, 2.75) is 58.0 Å². The number of aromatic nitrogens is 2. The Morgan fingerprint density at radius 2 is 2.07 bits per heavy atom. The molecule has 2 aliphatic rings. The van der Waals surface area contributed by atoms with Crippen molar-refractivity contribution in [3.63, 3.8) is 0 Å². The minimum Gasteiger partial charge on any atom is -0.492 e.